The Balaban J connectivity index is 1.87. The van der Waals surface area contributed by atoms with Crippen LogP contribution >= 0.6 is 27.7 Å². The quantitative estimate of drug-likeness (QED) is 0.294. The van der Waals surface area contributed by atoms with Crippen LogP contribution < -0.4 is 0 Å². The number of halogens is 1. The predicted octanol–water partition coefficient (Wildman–Crippen LogP) is 7.32. The van der Waals surface area contributed by atoms with Gasteiger partial charge < -0.3 is 0 Å². The van der Waals surface area contributed by atoms with Gasteiger partial charge in [0, 0.05) is 19.8 Å². The molecule has 0 unspecified atom stereocenters. The van der Waals surface area contributed by atoms with E-state index >= 15 is 0 Å². The second-order valence-electron chi connectivity index (χ2n) is 6.47. The summed E-state index contributed by atoms with van der Waals surface area (Å²) < 4.78 is 1.04. The molecule has 0 atom stereocenters. The molecule has 4 rings (SSSR count). The Morgan fingerprint density at radius 2 is 1.11 bits per heavy atom. The molecular formula is C25H18BrOS. The minimum atomic E-state index is -1.48. The van der Waals surface area contributed by atoms with Crippen LogP contribution in [0, 0.1) is 0 Å². The zero-order valence-corrected chi connectivity index (χ0v) is 17.5. The third-order valence-electron chi connectivity index (χ3n) is 4.67. The fourth-order valence-corrected chi connectivity index (χ4v) is 4.56. The number of benzene rings is 4. The molecule has 0 aromatic heterocycles. The molecule has 4 aromatic rings. The maximum Gasteiger partial charge on any atom is 0.180 e. The summed E-state index contributed by atoms with van der Waals surface area (Å²) in [6, 6.07) is 35.3. The Labute approximate surface area is 178 Å². The summed E-state index contributed by atoms with van der Waals surface area (Å²) in [5, 5.41) is 14.6. The monoisotopic (exact) mass is 445 g/mol. The van der Waals surface area contributed by atoms with Crippen LogP contribution in [-0.4, -0.2) is 0 Å². The van der Waals surface area contributed by atoms with Crippen LogP contribution in [-0.2, 0) is 10.7 Å². The lowest BCUT2D eigenvalue weighted by Gasteiger charge is -2.29. The SMILES string of the molecule is [O]C(c1ccccc1)(c1ccccc1)c1ccccc1Sc1ccc(Br)cc1. The Hall–Kier alpha value is -2.33. The molecule has 0 saturated heterocycles. The van der Waals surface area contributed by atoms with Gasteiger partial charge in [-0.2, -0.15) is 0 Å². The normalized spacial score (nSPS) is 11.4. The summed E-state index contributed by atoms with van der Waals surface area (Å²) in [5.74, 6) is 0. The van der Waals surface area contributed by atoms with Crippen LogP contribution in [0.15, 0.2) is 123 Å². The highest BCUT2D eigenvalue weighted by Gasteiger charge is 2.37. The Morgan fingerprint density at radius 1 is 0.607 bits per heavy atom. The summed E-state index contributed by atoms with van der Waals surface area (Å²) >= 11 is 5.10. The molecule has 0 aliphatic rings. The van der Waals surface area contributed by atoms with Crippen molar-refractivity contribution in [2.75, 3.05) is 0 Å². The first-order valence-corrected chi connectivity index (χ1v) is 10.6. The lowest BCUT2D eigenvalue weighted by atomic mass is 9.80. The van der Waals surface area contributed by atoms with Crippen LogP contribution in [0.5, 0.6) is 0 Å². The fraction of sp³-hybridized carbons (Fsp3) is 0.0400. The van der Waals surface area contributed by atoms with Crippen molar-refractivity contribution in [3.63, 3.8) is 0 Å². The van der Waals surface area contributed by atoms with E-state index in [9.17, 15) is 5.11 Å². The van der Waals surface area contributed by atoms with Gasteiger partial charge in [0.2, 0.25) is 0 Å². The molecule has 0 fully saturated rings. The van der Waals surface area contributed by atoms with E-state index < -0.39 is 5.60 Å². The highest BCUT2D eigenvalue weighted by Crippen LogP contribution is 2.43. The van der Waals surface area contributed by atoms with Crippen LogP contribution in [0.1, 0.15) is 16.7 Å². The van der Waals surface area contributed by atoms with Crippen molar-refractivity contribution < 1.29 is 5.11 Å². The maximum atomic E-state index is 14.6. The summed E-state index contributed by atoms with van der Waals surface area (Å²) in [6.07, 6.45) is 0. The van der Waals surface area contributed by atoms with Crippen LogP contribution in [0.3, 0.4) is 0 Å². The molecule has 0 saturated carbocycles. The number of hydrogen-bond acceptors (Lipinski definition) is 1. The molecule has 3 heteroatoms. The summed E-state index contributed by atoms with van der Waals surface area (Å²) in [4.78, 5) is 2.06. The zero-order valence-electron chi connectivity index (χ0n) is 15.1. The van der Waals surface area contributed by atoms with Crippen molar-refractivity contribution in [3.05, 3.63) is 130 Å². The lowest BCUT2D eigenvalue weighted by Crippen LogP contribution is -2.28. The number of rotatable bonds is 5. The second-order valence-corrected chi connectivity index (χ2v) is 8.50. The number of hydrogen-bond donors (Lipinski definition) is 0. The van der Waals surface area contributed by atoms with Gasteiger partial charge in [0.1, 0.15) is 0 Å². The minimum absolute atomic E-state index is 0.741. The van der Waals surface area contributed by atoms with Crippen LogP contribution in [0.4, 0.5) is 0 Å². The van der Waals surface area contributed by atoms with Gasteiger partial charge in [-0.05, 0) is 41.5 Å². The average molecular weight is 446 g/mol. The predicted molar refractivity (Wildman–Crippen MR) is 118 cm³/mol. The largest absolute Gasteiger partial charge is 0.214 e. The van der Waals surface area contributed by atoms with Gasteiger partial charge in [-0.25, -0.2) is 5.11 Å². The Kier molecular flexibility index (Phi) is 5.67. The molecule has 1 nitrogen and oxygen atoms in total. The van der Waals surface area contributed by atoms with Crippen LogP contribution in [0.2, 0.25) is 0 Å². The third-order valence-corrected chi connectivity index (χ3v) is 6.28. The van der Waals surface area contributed by atoms with Gasteiger partial charge in [-0.3, -0.25) is 0 Å². The average Bonchev–Trinajstić information content (AvgIpc) is 2.76. The van der Waals surface area contributed by atoms with Crippen molar-refractivity contribution in [2.45, 2.75) is 15.4 Å². The van der Waals surface area contributed by atoms with Gasteiger partial charge >= 0.3 is 0 Å². The van der Waals surface area contributed by atoms with Crippen molar-refractivity contribution in [1.29, 1.82) is 0 Å². The topological polar surface area (TPSA) is 19.9 Å². The molecule has 0 aliphatic carbocycles. The van der Waals surface area contributed by atoms with Crippen molar-refractivity contribution >= 4 is 27.7 Å². The van der Waals surface area contributed by atoms with Crippen LogP contribution in [0.25, 0.3) is 0 Å². The van der Waals surface area contributed by atoms with Crippen molar-refractivity contribution in [3.8, 4) is 0 Å². The van der Waals surface area contributed by atoms with E-state index in [0.29, 0.717) is 0 Å². The van der Waals surface area contributed by atoms with Gasteiger partial charge in [0.25, 0.3) is 0 Å². The Morgan fingerprint density at radius 3 is 1.68 bits per heavy atom. The first-order chi connectivity index (χ1) is 13.7. The van der Waals surface area contributed by atoms with Gasteiger partial charge in [0.15, 0.2) is 5.60 Å². The molecule has 0 N–H and O–H groups in total. The smallest absolute Gasteiger partial charge is 0.180 e. The minimum Gasteiger partial charge on any atom is -0.214 e. The highest BCUT2D eigenvalue weighted by atomic mass is 79.9. The molecule has 0 spiro atoms. The molecule has 4 aromatic carbocycles. The molecule has 0 aliphatic heterocycles. The maximum absolute atomic E-state index is 14.6. The standard InChI is InChI=1S/C25H18BrOS/c26-21-15-17-22(18-16-21)28-24-14-8-7-13-23(24)25(27,19-9-3-1-4-10-19)20-11-5-2-6-12-20/h1-18H. The summed E-state index contributed by atoms with van der Waals surface area (Å²) in [6.45, 7) is 0. The van der Waals surface area contributed by atoms with Crippen molar-refractivity contribution in [1.82, 2.24) is 0 Å². The molecule has 0 bridgehead atoms. The van der Waals surface area contributed by atoms with E-state index in [1.165, 1.54) is 0 Å². The van der Waals surface area contributed by atoms with E-state index in [-0.39, 0.29) is 0 Å². The summed E-state index contributed by atoms with van der Waals surface area (Å²) in [7, 11) is 0. The van der Waals surface area contributed by atoms with Gasteiger partial charge in [-0.1, -0.05) is 107 Å². The van der Waals surface area contributed by atoms with Gasteiger partial charge in [-0.15, -0.1) is 0 Å². The lowest BCUT2D eigenvalue weighted by molar-refractivity contribution is 0.0388. The highest BCUT2D eigenvalue weighted by molar-refractivity contribution is 9.10. The molecular weight excluding hydrogens is 428 g/mol. The van der Waals surface area contributed by atoms with E-state index in [2.05, 4.69) is 28.1 Å². The first kappa shape index (κ1) is 19.0. The summed E-state index contributed by atoms with van der Waals surface area (Å²) in [5.41, 5.74) is 0.761. The molecule has 137 valence electrons. The first-order valence-electron chi connectivity index (χ1n) is 9.02. The van der Waals surface area contributed by atoms with E-state index in [0.717, 1.165) is 31.0 Å². The molecule has 0 amide bonds. The Bertz CT molecular complexity index is 1010. The molecule has 0 heterocycles. The molecule has 1 radical (unpaired) electrons. The van der Waals surface area contributed by atoms with Gasteiger partial charge in [0.05, 0.1) is 0 Å². The molecule has 28 heavy (non-hydrogen) atoms. The fourth-order valence-electron chi connectivity index (χ4n) is 3.30. The van der Waals surface area contributed by atoms with E-state index in [1.54, 1.807) is 11.8 Å². The second kappa shape index (κ2) is 8.36. The van der Waals surface area contributed by atoms with E-state index in [1.807, 2.05) is 97.1 Å². The van der Waals surface area contributed by atoms with E-state index in [4.69, 9.17) is 0 Å². The van der Waals surface area contributed by atoms with Crippen molar-refractivity contribution in [2.24, 2.45) is 0 Å². The zero-order chi connectivity index (χ0) is 19.4. The third kappa shape index (κ3) is 3.79.